The number of amides is 1. The van der Waals surface area contributed by atoms with Crippen LogP contribution < -0.4 is 10.1 Å². The van der Waals surface area contributed by atoms with Gasteiger partial charge in [-0.25, -0.2) is 0 Å². The second-order valence-electron chi connectivity index (χ2n) is 3.89. The molecular formula is C12H16ClIN2O2. The lowest BCUT2D eigenvalue weighted by molar-refractivity contribution is 0.0735. The van der Waals surface area contributed by atoms with Gasteiger partial charge in [-0.1, -0.05) is 0 Å². The fourth-order valence-corrected chi connectivity index (χ4v) is 2.59. The molecule has 1 aliphatic rings. The number of rotatable bonds is 2. The van der Waals surface area contributed by atoms with Crippen molar-refractivity contribution in [2.24, 2.45) is 0 Å². The number of halogens is 2. The van der Waals surface area contributed by atoms with E-state index in [9.17, 15) is 4.79 Å². The minimum atomic E-state index is 0. The fourth-order valence-electron chi connectivity index (χ4n) is 1.85. The van der Waals surface area contributed by atoms with Gasteiger partial charge in [0, 0.05) is 31.7 Å². The zero-order chi connectivity index (χ0) is 12.3. The number of nitrogens with zero attached hydrogens (tertiary/aromatic N) is 1. The molecule has 6 heteroatoms. The summed E-state index contributed by atoms with van der Waals surface area (Å²) in [6.07, 6.45) is 0. The molecule has 4 nitrogen and oxygen atoms in total. The zero-order valence-corrected chi connectivity index (χ0v) is 13.1. The molecule has 0 unspecified atom stereocenters. The van der Waals surface area contributed by atoms with Crippen molar-refractivity contribution in [2.45, 2.75) is 0 Å². The molecule has 0 bridgehead atoms. The molecule has 1 N–H and O–H groups in total. The topological polar surface area (TPSA) is 41.6 Å². The highest BCUT2D eigenvalue weighted by molar-refractivity contribution is 14.1. The van der Waals surface area contributed by atoms with Crippen LogP contribution in [0.1, 0.15) is 10.4 Å². The molecule has 0 saturated carbocycles. The molecule has 1 aromatic rings. The first-order valence-electron chi connectivity index (χ1n) is 5.56. The van der Waals surface area contributed by atoms with Crippen molar-refractivity contribution >= 4 is 40.9 Å². The van der Waals surface area contributed by atoms with Gasteiger partial charge < -0.3 is 15.0 Å². The van der Waals surface area contributed by atoms with Crippen LogP contribution in [0, 0.1) is 3.57 Å². The molecule has 0 radical (unpaired) electrons. The lowest BCUT2D eigenvalue weighted by Crippen LogP contribution is -2.46. The number of hydrogen-bond donors (Lipinski definition) is 1. The van der Waals surface area contributed by atoms with Gasteiger partial charge in [0.2, 0.25) is 0 Å². The molecule has 18 heavy (non-hydrogen) atoms. The van der Waals surface area contributed by atoms with E-state index >= 15 is 0 Å². The van der Waals surface area contributed by atoms with E-state index in [-0.39, 0.29) is 18.3 Å². The minimum Gasteiger partial charge on any atom is -0.496 e. The Morgan fingerprint density at radius 2 is 2.06 bits per heavy atom. The number of nitrogens with one attached hydrogen (secondary N) is 1. The highest BCUT2D eigenvalue weighted by Gasteiger charge is 2.18. The van der Waals surface area contributed by atoms with E-state index in [2.05, 4.69) is 27.9 Å². The Kier molecular flexibility index (Phi) is 6.17. The second kappa shape index (κ2) is 7.16. The molecule has 1 heterocycles. The molecule has 0 spiro atoms. The van der Waals surface area contributed by atoms with Crippen LogP contribution in [0.2, 0.25) is 0 Å². The molecule has 0 aromatic heterocycles. The average molecular weight is 383 g/mol. The molecule has 100 valence electrons. The first kappa shape index (κ1) is 15.5. The van der Waals surface area contributed by atoms with Crippen LogP contribution >= 0.6 is 35.0 Å². The van der Waals surface area contributed by atoms with E-state index in [0.717, 1.165) is 41.1 Å². The molecule has 1 aliphatic heterocycles. The van der Waals surface area contributed by atoms with E-state index in [4.69, 9.17) is 4.74 Å². The molecule has 0 aliphatic carbocycles. The summed E-state index contributed by atoms with van der Waals surface area (Å²) in [5.41, 5.74) is 0.733. The third kappa shape index (κ3) is 3.49. The number of ether oxygens (including phenoxy) is 1. The number of carbonyl (C=O) groups excluding carboxylic acids is 1. The second-order valence-corrected chi connectivity index (χ2v) is 5.05. The number of methoxy groups -OCH3 is 1. The minimum absolute atomic E-state index is 0. The summed E-state index contributed by atoms with van der Waals surface area (Å²) in [6, 6.07) is 5.55. The Morgan fingerprint density at radius 3 is 2.61 bits per heavy atom. The van der Waals surface area contributed by atoms with Crippen molar-refractivity contribution in [1.82, 2.24) is 10.2 Å². The van der Waals surface area contributed by atoms with Crippen molar-refractivity contribution in [1.29, 1.82) is 0 Å². The smallest absolute Gasteiger partial charge is 0.253 e. The van der Waals surface area contributed by atoms with E-state index in [0.29, 0.717) is 0 Å². The molecule has 1 amide bonds. The highest BCUT2D eigenvalue weighted by atomic mass is 127. The summed E-state index contributed by atoms with van der Waals surface area (Å²) in [5, 5.41) is 3.24. The summed E-state index contributed by atoms with van der Waals surface area (Å²) in [7, 11) is 1.63. The third-order valence-electron chi connectivity index (χ3n) is 2.80. The van der Waals surface area contributed by atoms with Gasteiger partial charge in [-0.05, 0) is 40.8 Å². The van der Waals surface area contributed by atoms with Gasteiger partial charge >= 0.3 is 0 Å². The number of hydrogen-bond acceptors (Lipinski definition) is 3. The summed E-state index contributed by atoms with van der Waals surface area (Å²) in [5.74, 6) is 0.912. The third-order valence-corrected chi connectivity index (χ3v) is 3.65. The monoisotopic (exact) mass is 382 g/mol. The Balaban J connectivity index is 0.00000162. The molecule has 1 saturated heterocycles. The van der Waals surface area contributed by atoms with Crippen molar-refractivity contribution in [3.05, 3.63) is 27.3 Å². The Hall–Kier alpha value is -0.530. The Labute approximate surface area is 127 Å². The standard InChI is InChI=1S/C12H15IN2O2.ClH/c1-17-11-3-2-9(8-10(11)13)12(16)15-6-4-14-5-7-15;/h2-3,8,14H,4-7H2,1H3;1H. The SMILES string of the molecule is COc1ccc(C(=O)N2CCNCC2)cc1I.Cl. The van der Waals surface area contributed by atoms with E-state index in [1.807, 2.05) is 23.1 Å². The molecule has 1 fully saturated rings. The molecular weight excluding hydrogens is 367 g/mol. The summed E-state index contributed by atoms with van der Waals surface area (Å²) < 4.78 is 6.15. The van der Waals surface area contributed by atoms with Gasteiger partial charge in [-0.2, -0.15) is 0 Å². The van der Waals surface area contributed by atoms with Crippen LogP contribution in [-0.2, 0) is 0 Å². The highest BCUT2D eigenvalue weighted by Crippen LogP contribution is 2.22. The Bertz CT molecular complexity index is 423. The number of carbonyl (C=O) groups is 1. The lowest BCUT2D eigenvalue weighted by atomic mass is 10.2. The molecule has 2 rings (SSSR count). The van der Waals surface area contributed by atoms with E-state index in [1.165, 1.54) is 0 Å². The summed E-state index contributed by atoms with van der Waals surface area (Å²) in [6.45, 7) is 3.31. The summed E-state index contributed by atoms with van der Waals surface area (Å²) >= 11 is 2.18. The van der Waals surface area contributed by atoms with E-state index in [1.54, 1.807) is 7.11 Å². The number of piperazine rings is 1. The van der Waals surface area contributed by atoms with Gasteiger partial charge in [0.15, 0.2) is 0 Å². The van der Waals surface area contributed by atoms with Crippen LogP contribution in [0.25, 0.3) is 0 Å². The quantitative estimate of drug-likeness (QED) is 0.793. The van der Waals surface area contributed by atoms with Gasteiger partial charge in [0.1, 0.15) is 5.75 Å². The van der Waals surface area contributed by atoms with Crippen molar-refractivity contribution < 1.29 is 9.53 Å². The van der Waals surface area contributed by atoms with Gasteiger partial charge in [0.25, 0.3) is 5.91 Å². The van der Waals surface area contributed by atoms with Crippen LogP contribution in [0.3, 0.4) is 0 Å². The predicted octanol–water partition coefficient (Wildman–Crippen LogP) is 1.77. The van der Waals surface area contributed by atoms with Gasteiger partial charge in [0.05, 0.1) is 10.7 Å². The van der Waals surface area contributed by atoms with Crippen LogP contribution in [-0.4, -0.2) is 44.1 Å². The molecule has 1 aromatic carbocycles. The normalized spacial score (nSPS) is 14.9. The average Bonchev–Trinajstić information content (AvgIpc) is 2.39. The maximum Gasteiger partial charge on any atom is 0.253 e. The van der Waals surface area contributed by atoms with Crippen LogP contribution in [0.5, 0.6) is 5.75 Å². The maximum absolute atomic E-state index is 12.2. The Morgan fingerprint density at radius 1 is 1.39 bits per heavy atom. The first-order chi connectivity index (χ1) is 8.22. The first-order valence-corrected chi connectivity index (χ1v) is 6.64. The van der Waals surface area contributed by atoms with Crippen molar-refractivity contribution in [3.8, 4) is 5.75 Å². The van der Waals surface area contributed by atoms with Crippen molar-refractivity contribution in [3.63, 3.8) is 0 Å². The predicted molar refractivity (Wildman–Crippen MR) is 81.7 cm³/mol. The molecule has 0 atom stereocenters. The maximum atomic E-state index is 12.2. The number of benzene rings is 1. The van der Waals surface area contributed by atoms with Crippen LogP contribution in [0.15, 0.2) is 18.2 Å². The van der Waals surface area contributed by atoms with E-state index < -0.39 is 0 Å². The summed E-state index contributed by atoms with van der Waals surface area (Å²) in [4.78, 5) is 14.1. The van der Waals surface area contributed by atoms with Crippen LogP contribution in [0.4, 0.5) is 0 Å². The largest absolute Gasteiger partial charge is 0.496 e. The lowest BCUT2D eigenvalue weighted by Gasteiger charge is -2.27. The van der Waals surface area contributed by atoms with Crippen molar-refractivity contribution in [2.75, 3.05) is 33.3 Å². The van der Waals surface area contributed by atoms with Gasteiger partial charge in [-0.15, -0.1) is 12.4 Å². The fraction of sp³-hybridized carbons (Fsp3) is 0.417. The van der Waals surface area contributed by atoms with Gasteiger partial charge in [-0.3, -0.25) is 4.79 Å². The zero-order valence-electron chi connectivity index (χ0n) is 10.1.